The molecule has 0 aliphatic heterocycles. The third-order valence-corrected chi connectivity index (χ3v) is 4.90. The van der Waals surface area contributed by atoms with Gasteiger partial charge in [0, 0.05) is 23.2 Å². The first kappa shape index (κ1) is 17.8. The van der Waals surface area contributed by atoms with E-state index in [0.29, 0.717) is 19.2 Å². The van der Waals surface area contributed by atoms with Crippen LogP contribution in [0.4, 0.5) is 0 Å². The normalized spacial score (nSPS) is 16.3. The fraction of sp³-hybridized carbons (Fsp3) is 0.350. The molecule has 5 heteroatoms. The molecule has 0 radical (unpaired) electrons. The topological polar surface area (TPSA) is 58.6 Å². The minimum Gasteiger partial charge on any atom is -0.489 e. The summed E-state index contributed by atoms with van der Waals surface area (Å²) in [6, 6.07) is 14.3. The molecule has 0 saturated carbocycles. The van der Waals surface area contributed by atoms with Gasteiger partial charge in [0.1, 0.15) is 12.4 Å². The Morgan fingerprint density at radius 3 is 2.88 bits per heavy atom. The molecule has 2 aromatic rings. The molecule has 0 aromatic heterocycles. The predicted molar refractivity (Wildman–Crippen MR) is 98.3 cm³/mol. The van der Waals surface area contributed by atoms with Crippen molar-refractivity contribution in [2.45, 2.75) is 38.3 Å². The quantitative estimate of drug-likeness (QED) is 0.788. The highest BCUT2D eigenvalue weighted by Gasteiger charge is 2.19. The second kappa shape index (κ2) is 8.37. The van der Waals surface area contributed by atoms with Gasteiger partial charge in [-0.05, 0) is 48.6 Å². The van der Waals surface area contributed by atoms with Crippen LogP contribution in [0.15, 0.2) is 42.5 Å². The maximum absolute atomic E-state index is 10.6. The number of ether oxygens (including phenoxy) is 1. The van der Waals surface area contributed by atoms with Gasteiger partial charge in [-0.15, -0.1) is 0 Å². The zero-order chi connectivity index (χ0) is 17.6. The number of fused-ring (bicyclic) bond motifs is 1. The summed E-state index contributed by atoms with van der Waals surface area (Å²) in [5, 5.41) is 12.8. The van der Waals surface area contributed by atoms with Crippen molar-refractivity contribution in [3.63, 3.8) is 0 Å². The number of benzene rings is 2. The van der Waals surface area contributed by atoms with E-state index in [0.717, 1.165) is 35.6 Å². The molecule has 3 rings (SSSR count). The number of carboxylic acids is 1. The van der Waals surface area contributed by atoms with Crippen molar-refractivity contribution in [1.29, 1.82) is 0 Å². The molecule has 0 bridgehead atoms. The molecule has 132 valence electrons. The zero-order valence-electron chi connectivity index (χ0n) is 14.0. The molecule has 1 unspecified atom stereocenters. The van der Waals surface area contributed by atoms with Gasteiger partial charge in [-0.3, -0.25) is 4.79 Å². The average Bonchev–Trinajstić information content (AvgIpc) is 2.60. The van der Waals surface area contributed by atoms with Crippen LogP contribution in [0.3, 0.4) is 0 Å². The van der Waals surface area contributed by atoms with E-state index in [1.165, 1.54) is 11.1 Å². The Morgan fingerprint density at radius 2 is 2.08 bits per heavy atom. The molecule has 0 spiro atoms. The van der Waals surface area contributed by atoms with Crippen molar-refractivity contribution >= 4 is 17.6 Å². The van der Waals surface area contributed by atoms with E-state index >= 15 is 0 Å². The second-order valence-electron chi connectivity index (χ2n) is 6.35. The average molecular weight is 360 g/mol. The smallest absolute Gasteiger partial charge is 0.304 e. The van der Waals surface area contributed by atoms with Gasteiger partial charge in [0.25, 0.3) is 0 Å². The largest absolute Gasteiger partial charge is 0.489 e. The number of hydrogen-bond donors (Lipinski definition) is 2. The van der Waals surface area contributed by atoms with E-state index in [1.807, 2.05) is 30.3 Å². The number of halogens is 1. The van der Waals surface area contributed by atoms with E-state index in [-0.39, 0.29) is 6.42 Å². The zero-order valence-corrected chi connectivity index (χ0v) is 14.8. The van der Waals surface area contributed by atoms with Crippen LogP contribution in [0.5, 0.6) is 5.75 Å². The van der Waals surface area contributed by atoms with Crippen LogP contribution in [0, 0.1) is 0 Å². The molecule has 0 fully saturated rings. The maximum Gasteiger partial charge on any atom is 0.304 e. The van der Waals surface area contributed by atoms with Crippen molar-refractivity contribution in [3.05, 3.63) is 64.2 Å². The Hall–Kier alpha value is -2.04. The lowest BCUT2D eigenvalue weighted by molar-refractivity contribution is -0.136. The molecule has 2 N–H and O–H groups in total. The molecule has 0 heterocycles. The van der Waals surface area contributed by atoms with Crippen molar-refractivity contribution in [1.82, 2.24) is 5.32 Å². The lowest BCUT2D eigenvalue weighted by atomic mass is 9.88. The number of hydrogen-bond acceptors (Lipinski definition) is 3. The molecular weight excluding hydrogens is 338 g/mol. The molecule has 1 aliphatic rings. The number of aryl methyl sites for hydroxylation is 1. The molecule has 25 heavy (non-hydrogen) atoms. The van der Waals surface area contributed by atoms with E-state index in [2.05, 4.69) is 17.4 Å². The minimum absolute atomic E-state index is 0.165. The molecule has 2 aromatic carbocycles. The molecular formula is C20H22ClNO3. The maximum atomic E-state index is 10.6. The first-order valence-corrected chi connectivity index (χ1v) is 8.93. The summed E-state index contributed by atoms with van der Waals surface area (Å²) in [6.07, 6.45) is 3.09. The summed E-state index contributed by atoms with van der Waals surface area (Å²) in [6.45, 7) is 0.978. The van der Waals surface area contributed by atoms with Gasteiger partial charge < -0.3 is 15.2 Å². The van der Waals surface area contributed by atoms with Crippen molar-refractivity contribution in [3.8, 4) is 5.75 Å². The summed E-state index contributed by atoms with van der Waals surface area (Å²) in [4.78, 5) is 10.6. The first-order chi connectivity index (χ1) is 12.1. The highest BCUT2D eigenvalue weighted by Crippen LogP contribution is 2.27. The monoisotopic (exact) mass is 359 g/mol. The van der Waals surface area contributed by atoms with Gasteiger partial charge in [-0.1, -0.05) is 35.9 Å². The Kier molecular flexibility index (Phi) is 5.95. The van der Waals surface area contributed by atoms with Crippen molar-refractivity contribution < 1.29 is 14.6 Å². The Balaban J connectivity index is 1.56. The lowest BCUT2D eigenvalue weighted by Crippen LogP contribution is -2.35. The van der Waals surface area contributed by atoms with Gasteiger partial charge in [0.15, 0.2) is 0 Å². The van der Waals surface area contributed by atoms with Crippen LogP contribution >= 0.6 is 11.6 Å². The molecule has 1 aliphatic carbocycles. The molecule has 1 atom stereocenters. The number of nitrogens with one attached hydrogen (secondary N) is 1. The van der Waals surface area contributed by atoms with Crippen molar-refractivity contribution in [2.75, 3.05) is 6.54 Å². The number of rotatable bonds is 7. The van der Waals surface area contributed by atoms with E-state index < -0.39 is 5.97 Å². The molecule has 0 amide bonds. The van der Waals surface area contributed by atoms with Crippen LogP contribution in [0.2, 0.25) is 5.02 Å². The summed E-state index contributed by atoms with van der Waals surface area (Å²) in [5.41, 5.74) is 3.60. The third kappa shape index (κ3) is 4.97. The minimum atomic E-state index is -0.760. The lowest BCUT2D eigenvalue weighted by Gasteiger charge is -2.26. The fourth-order valence-corrected chi connectivity index (χ4v) is 3.35. The summed E-state index contributed by atoms with van der Waals surface area (Å²) < 4.78 is 5.89. The number of carboxylic acid groups (broad SMARTS) is 1. The second-order valence-corrected chi connectivity index (χ2v) is 6.76. The van der Waals surface area contributed by atoms with E-state index in [1.54, 1.807) is 0 Å². The van der Waals surface area contributed by atoms with Crippen LogP contribution in [0.1, 0.15) is 29.5 Å². The predicted octanol–water partition coefficient (Wildman–Crippen LogP) is 3.84. The highest BCUT2D eigenvalue weighted by atomic mass is 35.5. The van der Waals surface area contributed by atoms with Gasteiger partial charge in [-0.2, -0.15) is 0 Å². The van der Waals surface area contributed by atoms with Crippen LogP contribution in [-0.4, -0.2) is 23.7 Å². The number of carbonyl (C=O) groups is 1. The van der Waals surface area contributed by atoms with Crippen molar-refractivity contribution in [2.24, 2.45) is 0 Å². The van der Waals surface area contributed by atoms with Crippen LogP contribution < -0.4 is 10.1 Å². The van der Waals surface area contributed by atoms with Gasteiger partial charge in [0.2, 0.25) is 0 Å². The van der Waals surface area contributed by atoms with Gasteiger partial charge in [0.05, 0.1) is 6.42 Å². The summed E-state index contributed by atoms with van der Waals surface area (Å²) in [7, 11) is 0. The highest BCUT2D eigenvalue weighted by molar-refractivity contribution is 6.31. The molecule has 0 saturated heterocycles. The summed E-state index contributed by atoms with van der Waals surface area (Å²) in [5.74, 6) is 0.0972. The van der Waals surface area contributed by atoms with Crippen LogP contribution in [-0.2, 0) is 24.2 Å². The van der Waals surface area contributed by atoms with E-state index in [9.17, 15) is 4.79 Å². The van der Waals surface area contributed by atoms with Crippen LogP contribution in [0.25, 0.3) is 0 Å². The Bertz CT molecular complexity index is 747. The third-order valence-electron chi connectivity index (χ3n) is 4.53. The first-order valence-electron chi connectivity index (χ1n) is 8.55. The SMILES string of the molecule is O=C(O)CCNC1CCc2cc(OCc3ccccc3Cl)ccc2C1. The standard InChI is InChI=1S/C20H22ClNO3/c21-19-4-2-1-3-16(19)13-25-18-8-6-14-11-17(7-5-15(14)12-18)22-10-9-20(23)24/h1-4,6,8,12,17,22H,5,7,9-11,13H2,(H,23,24). The summed E-state index contributed by atoms with van der Waals surface area (Å²) >= 11 is 6.16. The number of aliphatic carboxylic acids is 1. The fourth-order valence-electron chi connectivity index (χ4n) is 3.16. The Morgan fingerprint density at radius 1 is 1.24 bits per heavy atom. The van der Waals surface area contributed by atoms with E-state index in [4.69, 9.17) is 21.4 Å². The van der Waals surface area contributed by atoms with Gasteiger partial charge in [-0.25, -0.2) is 0 Å². The van der Waals surface area contributed by atoms with Gasteiger partial charge >= 0.3 is 5.97 Å². The Labute approximate surface area is 152 Å². The molecule has 4 nitrogen and oxygen atoms in total.